The SMILES string of the molecule is CC(Oc1ccc(C#N)cc1)c1nnc(C2CC=CCC2C(=O)O)o1. The molecule has 0 amide bonds. The third-order valence-corrected chi connectivity index (χ3v) is 4.17. The lowest BCUT2D eigenvalue weighted by Gasteiger charge is -2.21. The first-order valence-corrected chi connectivity index (χ1v) is 7.96. The van der Waals surface area contributed by atoms with Crippen LogP contribution in [0.4, 0.5) is 0 Å². The molecule has 25 heavy (non-hydrogen) atoms. The Kier molecular flexibility index (Phi) is 4.80. The number of ether oxygens (including phenoxy) is 1. The molecule has 1 N–H and O–H groups in total. The summed E-state index contributed by atoms with van der Waals surface area (Å²) < 4.78 is 11.4. The number of nitriles is 1. The van der Waals surface area contributed by atoms with Gasteiger partial charge >= 0.3 is 5.97 Å². The van der Waals surface area contributed by atoms with Gasteiger partial charge in [-0.1, -0.05) is 12.2 Å². The van der Waals surface area contributed by atoms with Gasteiger partial charge in [0.2, 0.25) is 5.89 Å². The fourth-order valence-electron chi connectivity index (χ4n) is 2.78. The molecule has 0 aliphatic heterocycles. The molecule has 3 rings (SSSR count). The van der Waals surface area contributed by atoms with Crippen molar-refractivity contribution in [2.75, 3.05) is 0 Å². The highest BCUT2D eigenvalue weighted by Gasteiger charge is 2.34. The minimum absolute atomic E-state index is 0.290. The standard InChI is InChI=1S/C18H17N3O4/c1-11(24-13-8-6-12(10-19)7-9-13)16-20-21-17(25-16)14-4-2-3-5-15(14)18(22)23/h2-3,6-9,11,14-15H,4-5H2,1H3,(H,22,23). The van der Waals surface area contributed by atoms with Gasteiger partial charge in [-0.15, -0.1) is 10.2 Å². The molecule has 7 nitrogen and oxygen atoms in total. The number of carboxylic acids is 1. The van der Waals surface area contributed by atoms with E-state index in [0.29, 0.717) is 30.0 Å². The van der Waals surface area contributed by atoms with Crippen LogP contribution < -0.4 is 4.74 Å². The van der Waals surface area contributed by atoms with Gasteiger partial charge < -0.3 is 14.3 Å². The van der Waals surface area contributed by atoms with E-state index in [2.05, 4.69) is 10.2 Å². The van der Waals surface area contributed by atoms with E-state index >= 15 is 0 Å². The Hall–Kier alpha value is -3.14. The maximum absolute atomic E-state index is 11.4. The summed E-state index contributed by atoms with van der Waals surface area (Å²) in [5.74, 6) is -0.565. The molecular weight excluding hydrogens is 322 g/mol. The number of carbonyl (C=O) groups is 1. The van der Waals surface area contributed by atoms with Crippen LogP contribution in [0.25, 0.3) is 0 Å². The lowest BCUT2D eigenvalue weighted by Crippen LogP contribution is -2.23. The van der Waals surface area contributed by atoms with Crippen LogP contribution >= 0.6 is 0 Å². The van der Waals surface area contributed by atoms with Crippen molar-refractivity contribution >= 4 is 5.97 Å². The number of aromatic nitrogens is 2. The third kappa shape index (κ3) is 3.69. The summed E-state index contributed by atoms with van der Waals surface area (Å²) in [4.78, 5) is 11.4. The van der Waals surface area contributed by atoms with Crippen LogP contribution in [0.15, 0.2) is 40.8 Å². The molecule has 1 aromatic heterocycles. The summed E-state index contributed by atoms with van der Waals surface area (Å²) in [6, 6.07) is 8.75. The number of allylic oxidation sites excluding steroid dienone is 2. The van der Waals surface area contributed by atoms with Crippen molar-refractivity contribution in [1.29, 1.82) is 5.26 Å². The van der Waals surface area contributed by atoms with Gasteiger partial charge in [0.15, 0.2) is 6.10 Å². The molecule has 0 saturated heterocycles. The van der Waals surface area contributed by atoms with Crippen molar-refractivity contribution in [2.24, 2.45) is 5.92 Å². The Bertz CT molecular complexity index is 820. The van der Waals surface area contributed by atoms with Crippen LogP contribution in [0.3, 0.4) is 0 Å². The number of carboxylic acid groups (broad SMARTS) is 1. The van der Waals surface area contributed by atoms with Crippen molar-refractivity contribution in [3.63, 3.8) is 0 Å². The predicted molar refractivity (Wildman–Crippen MR) is 86.7 cm³/mol. The second kappa shape index (κ2) is 7.18. The zero-order valence-corrected chi connectivity index (χ0v) is 13.6. The number of rotatable bonds is 5. The quantitative estimate of drug-likeness (QED) is 0.833. The molecule has 0 spiro atoms. The first kappa shape index (κ1) is 16.7. The van der Waals surface area contributed by atoms with Crippen LogP contribution in [0.5, 0.6) is 5.75 Å². The Labute approximate surface area is 144 Å². The second-order valence-corrected chi connectivity index (χ2v) is 5.87. The molecule has 1 aliphatic carbocycles. The summed E-state index contributed by atoms with van der Waals surface area (Å²) in [5.41, 5.74) is 0.546. The maximum Gasteiger partial charge on any atom is 0.307 e. The van der Waals surface area contributed by atoms with Crippen LogP contribution in [0.1, 0.15) is 49.1 Å². The normalized spacial score (nSPS) is 20.6. The number of aliphatic carboxylic acids is 1. The Morgan fingerprint density at radius 3 is 2.72 bits per heavy atom. The number of hydrogen-bond donors (Lipinski definition) is 1. The van der Waals surface area contributed by atoms with E-state index in [1.807, 2.05) is 18.2 Å². The minimum Gasteiger partial charge on any atom is -0.481 e. The van der Waals surface area contributed by atoms with E-state index in [4.69, 9.17) is 14.4 Å². The van der Waals surface area contributed by atoms with Gasteiger partial charge in [-0.2, -0.15) is 5.26 Å². The highest BCUT2D eigenvalue weighted by atomic mass is 16.5. The Morgan fingerprint density at radius 2 is 2.04 bits per heavy atom. The smallest absolute Gasteiger partial charge is 0.307 e. The lowest BCUT2D eigenvalue weighted by atomic mass is 9.83. The molecule has 7 heteroatoms. The number of hydrogen-bond acceptors (Lipinski definition) is 6. The summed E-state index contributed by atoms with van der Waals surface area (Å²) in [6.45, 7) is 1.77. The largest absolute Gasteiger partial charge is 0.481 e. The average Bonchev–Trinajstić information content (AvgIpc) is 3.12. The van der Waals surface area contributed by atoms with E-state index in [1.54, 1.807) is 31.2 Å². The molecule has 2 aromatic rings. The zero-order valence-electron chi connectivity index (χ0n) is 13.6. The Morgan fingerprint density at radius 1 is 1.32 bits per heavy atom. The van der Waals surface area contributed by atoms with E-state index in [9.17, 15) is 9.90 Å². The molecule has 3 unspecified atom stereocenters. The van der Waals surface area contributed by atoms with E-state index in [0.717, 1.165) is 0 Å². The highest BCUT2D eigenvalue weighted by molar-refractivity contribution is 5.71. The van der Waals surface area contributed by atoms with Gasteiger partial charge in [0.1, 0.15) is 5.75 Å². The average molecular weight is 339 g/mol. The third-order valence-electron chi connectivity index (χ3n) is 4.17. The van der Waals surface area contributed by atoms with Crippen LogP contribution in [-0.4, -0.2) is 21.3 Å². The van der Waals surface area contributed by atoms with Crippen LogP contribution in [0, 0.1) is 17.2 Å². The molecule has 0 saturated carbocycles. The van der Waals surface area contributed by atoms with Gasteiger partial charge in [-0.25, -0.2) is 0 Å². The molecule has 3 atom stereocenters. The van der Waals surface area contributed by atoms with Gasteiger partial charge in [-0.3, -0.25) is 4.79 Å². The predicted octanol–water partition coefficient (Wildman–Crippen LogP) is 3.22. The number of benzene rings is 1. The van der Waals surface area contributed by atoms with Gasteiger partial charge in [0.05, 0.1) is 23.5 Å². The van der Waals surface area contributed by atoms with Crippen LogP contribution in [-0.2, 0) is 4.79 Å². The van der Waals surface area contributed by atoms with E-state index < -0.39 is 18.0 Å². The highest BCUT2D eigenvalue weighted by Crippen LogP contribution is 2.35. The summed E-state index contributed by atoms with van der Waals surface area (Å²) in [5, 5.41) is 26.2. The first-order chi connectivity index (χ1) is 12.1. The van der Waals surface area contributed by atoms with Crippen molar-refractivity contribution in [2.45, 2.75) is 31.8 Å². The molecular formula is C18H17N3O4. The molecule has 1 heterocycles. The fraction of sp³-hybridized carbons (Fsp3) is 0.333. The van der Waals surface area contributed by atoms with Gasteiger partial charge in [-0.05, 0) is 44.0 Å². The topological polar surface area (TPSA) is 109 Å². The molecule has 0 radical (unpaired) electrons. The number of nitrogens with zero attached hydrogens (tertiary/aromatic N) is 3. The van der Waals surface area contributed by atoms with Gasteiger partial charge in [0, 0.05) is 0 Å². The van der Waals surface area contributed by atoms with Crippen LogP contribution in [0.2, 0.25) is 0 Å². The molecule has 1 aliphatic rings. The maximum atomic E-state index is 11.4. The fourth-order valence-corrected chi connectivity index (χ4v) is 2.78. The molecule has 0 fully saturated rings. The second-order valence-electron chi connectivity index (χ2n) is 5.87. The zero-order chi connectivity index (χ0) is 17.8. The summed E-state index contributed by atoms with van der Waals surface area (Å²) >= 11 is 0. The molecule has 0 bridgehead atoms. The van der Waals surface area contributed by atoms with Crippen molar-refractivity contribution in [1.82, 2.24) is 10.2 Å². The van der Waals surface area contributed by atoms with E-state index in [1.165, 1.54) is 0 Å². The lowest BCUT2D eigenvalue weighted by molar-refractivity contribution is -0.142. The first-order valence-electron chi connectivity index (χ1n) is 7.96. The van der Waals surface area contributed by atoms with E-state index in [-0.39, 0.29) is 11.8 Å². The Balaban J connectivity index is 1.72. The molecule has 128 valence electrons. The van der Waals surface area contributed by atoms with Gasteiger partial charge in [0.25, 0.3) is 5.89 Å². The van der Waals surface area contributed by atoms with Crippen molar-refractivity contribution in [3.05, 3.63) is 53.8 Å². The minimum atomic E-state index is -0.865. The summed E-state index contributed by atoms with van der Waals surface area (Å²) in [6.07, 6.45) is 4.32. The monoisotopic (exact) mass is 339 g/mol. The van der Waals surface area contributed by atoms with Crippen molar-refractivity contribution < 1.29 is 19.1 Å². The molecule has 1 aromatic carbocycles. The summed E-state index contributed by atoms with van der Waals surface area (Å²) in [7, 11) is 0. The van der Waals surface area contributed by atoms with Crippen molar-refractivity contribution in [3.8, 4) is 11.8 Å².